The van der Waals surface area contributed by atoms with Crippen LogP contribution < -0.4 is 4.90 Å². The smallest absolute Gasteiger partial charge is 0.161 e. The maximum Gasteiger partial charge on any atom is 0.161 e. The minimum Gasteiger partial charge on any atom is -0.392 e. The molecule has 0 spiro atoms. The maximum atomic E-state index is 9.45. The number of nitrogens with zero attached hydrogens (tertiary/aromatic N) is 4. The van der Waals surface area contributed by atoms with Crippen molar-refractivity contribution >= 4 is 17.4 Å². The summed E-state index contributed by atoms with van der Waals surface area (Å²) in [6.07, 6.45) is -0.312. The molecule has 0 aromatic carbocycles. The van der Waals surface area contributed by atoms with Crippen LogP contribution >= 0.6 is 11.6 Å². The number of rotatable bonds is 3. The molecular weight excluding hydrogens is 276 g/mol. The van der Waals surface area contributed by atoms with Gasteiger partial charge in [0.2, 0.25) is 0 Å². The van der Waals surface area contributed by atoms with Crippen LogP contribution in [0.2, 0.25) is 5.02 Å². The fourth-order valence-corrected chi connectivity index (χ4v) is 2.73. The molecule has 5 nitrogen and oxygen atoms in total. The largest absolute Gasteiger partial charge is 0.392 e. The van der Waals surface area contributed by atoms with Crippen molar-refractivity contribution in [2.75, 3.05) is 31.1 Å². The van der Waals surface area contributed by atoms with E-state index in [0.717, 1.165) is 25.5 Å². The molecule has 0 radical (unpaired) electrons. The second kappa shape index (κ2) is 6.40. The summed E-state index contributed by atoms with van der Waals surface area (Å²) in [6, 6.07) is 5.86. The Kier molecular flexibility index (Phi) is 4.81. The van der Waals surface area contributed by atoms with Crippen LogP contribution in [0.25, 0.3) is 0 Å². The van der Waals surface area contributed by atoms with Crippen molar-refractivity contribution in [3.8, 4) is 6.07 Å². The lowest BCUT2D eigenvalue weighted by molar-refractivity contribution is 0.114. The van der Waals surface area contributed by atoms with E-state index in [1.807, 2.05) is 12.1 Å². The zero-order chi connectivity index (χ0) is 14.7. The highest BCUT2D eigenvalue weighted by molar-refractivity contribution is 6.31. The number of halogens is 1. The molecule has 1 aromatic heterocycles. The lowest BCUT2D eigenvalue weighted by Crippen LogP contribution is -2.53. The van der Waals surface area contributed by atoms with Gasteiger partial charge in [-0.05, 0) is 26.0 Å². The minimum absolute atomic E-state index is 0.266. The molecule has 1 aromatic rings. The van der Waals surface area contributed by atoms with Crippen molar-refractivity contribution in [3.63, 3.8) is 0 Å². The third kappa shape index (κ3) is 3.40. The molecule has 1 aliphatic rings. The Balaban J connectivity index is 2.10. The molecule has 1 N–H and O–H groups in total. The molecule has 2 unspecified atom stereocenters. The Morgan fingerprint density at radius 2 is 2.30 bits per heavy atom. The maximum absolute atomic E-state index is 9.45. The van der Waals surface area contributed by atoms with E-state index in [1.165, 1.54) is 0 Å². The highest BCUT2D eigenvalue weighted by atomic mass is 35.5. The van der Waals surface area contributed by atoms with E-state index in [4.69, 9.17) is 16.9 Å². The van der Waals surface area contributed by atoms with Gasteiger partial charge in [-0.25, -0.2) is 4.98 Å². The number of piperazine rings is 1. The lowest BCUT2D eigenvalue weighted by atomic mass is 10.1. The molecule has 1 saturated heterocycles. The number of hydrogen-bond donors (Lipinski definition) is 1. The minimum atomic E-state index is -0.312. The number of aliphatic hydroxyl groups excluding tert-OH is 1. The molecule has 20 heavy (non-hydrogen) atoms. The van der Waals surface area contributed by atoms with Crippen LogP contribution in [-0.4, -0.2) is 53.3 Å². The fourth-order valence-electron chi connectivity index (χ4n) is 2.58. The van der Waals surface area contributed by atoms with Crippen LogP contribution in [0.4, 0.5) is 5.82 Å². The third-order valence-electron chi connectivity index (χ3n) is 3.47. The van der Waals surface area contributed by atoms with Gasteiger partial charge >= 0.3 is 0 Å². The number of β-amino-alcohol motifs (C(OH)–C–C–N with tert-alkyl or cyclic N) is 1. The molecule has 108 valence electrons. The van der Waals surface area contributed by atoms with Gasteiger partial charge in [0.15, 0.2) is 5.69 Å². The van der Waals surface area contributed by atoms with Gasteiger partial charge in [0, 0.05) is 32.2 Å². The molecule has 0 saturated carbocycles. The van der Waals surface area contributed by atoms with Gasteiger partial charge < -0.3 is 10.0 Å². The Morgan fingerprint density at radius 1 is 1.55 bits per heavy atom. The highest BCUT2D eigenvalue weighted by Crippen LogP contribution is 2.22. The number of pyridine rings is 1. The van der Waals surface area contributed by atoms with Gasteiger partial charge in [0.05, 0.1) is 11.1 Å². The van der Waals surface area contributed by atoms with Crippen LogP contribution in [0.5, 0.6) is 0 Å². The predicted molar refractivity (Wildman–Crippen MR) is 78.9 cm³/mol. The summed E-state index contributed by atoms with van der Waals surface area (Å²) in [5.41, 5.74) is 0.266. The summed E-state index contributed by atoms with van der Waals surface area (Å²) in [5, 5.41) is 18.8. The molecule has 1 fully saturated rings. The van der Waals surface area contributed by atoms with E-state index in [2.05, 4.69) is 21.7 Å². The van der Waals surface area contributed by atoms with E-state index in [-0.39, 0.29) is 17.8 Å². The van der Waals surface area contributed by atoms with Crippen molar-refractivity contribution in [2.24, 2.45) is 0 Å². The van der Waals surface area contributed by atoms with Crippen molar-refractivity contribution in [1.82, 2.24) is 9.88 Å². The molecular formula is C14H19ClN4O. The second-order valence-electron chi connectivity index (χ2n) is 5.26. The summed E-state index contributed by atoms with van der Waals surface area (Å²) in [6.45, 7) is 7.19. The van der Waals surface area contributed by atoms with Gasteiger partial charge in [0.1, 0.15) is 11.9 Å². The summed E-state index contributed by atoms with van der Waals surface area (Å²) in [7, 11) is 0. The molecule has 1 aliphatic heterocycles. The summed E-state index contributed by atoms with van der Waals surface area (Å²) in [4.78, 5) is 8.74. The average molecular weight is 295 g/mol. The molecule has 2 atom stereocenters. The first kappa shape index (κ1) is 15.0. The Hall–Kier alpha value is -1.35. The van der Waals surface area contributed by atoms with Crippen LogP contribution in [0.3, 0.4) is 0 Å². The zero-order valence-electron chi connectivity index (χ0n) is 11.8. The van der Waals surface area contributed by atoms with Gasteiger partial charge in [-0.2, -0.15) is 5.26 Å². The first-order valence-corrected chi connectivity index (χ1v) is 7.12. The number of anilines is 1. The Morgan fingerprint density at radius 3 is 2.90 bits per heavy atom. The fraction of sp³-hybridized carbons (Fsp3) is 0.571. The number of aromatic nitrogens is 1. The second-order valence-corrected chi connectivity index (χ2v) is 5.67. The van der Waals surface area contributed by atoms with Crippen molar-refractivity contribution in [2.45, 2.75) is 26.0 Å². The molecule has 2 rings (SSSR count). The van der Waals surface area contributed by atoms with Gasteiger partial charge in [0.25, 0.3) is 0 Å². The van der Waals surface area contributed by atoms with E-state index < -0.39 is 0 Å². The Labute approximate surface area is 124 Å². The monoisotopic (exact) mass is 294 g/mol. The molecule has 0 bridgehead atoms. The van der Waals surface area contributed by atoms with E-state index >= 15 is 0 Å². The standard InChI is InChI=1S/C14H19ClN4O/c1-10-8-18(9-11(2)20)5-6-19(10)14-4-3-12(15)13(7-16)17-14/h3-4,10-11,20H,5-6,8-9H2,1-2H3. The van der Waals surface area contributed by atoms with E-state index in [1.54, 1.807) is 13.0 Å². The summed E-state index contributed by atoms with van der Waals surface area (Å²) < 4.78 is 0. The van der Waals surface area contributed by atoms with Crippen LogP contribution in [0.1, 0.15) is 19.5 Å². The van der Waals surface area contributed by atoms with Gasteiger partial charge in [-0.15, -0.1) is 0 Å². The number of nitriles is 1. The van der Waals surface area contributed by atoms with E-state index in [0.29, 0.717) is 11.6 Å². The van der Waals surface area contributed by atoms with Crippen molar-refractivity contribution < 1.29 is 5.11 Å². The molecule has 0 aliphatic carbocycles. The summed E-state index contributed by atoms with van der Waals surface area (Å²) >= 11 is 5.91. The first-order chi connectivity index (χ1) is 9.51. The van der Waals surface area contributed by atoms with Gasteiger partial charge in [-0.3, -0.25) is 4.90 Å². The molecule has 0 amide bonds. The number of aliphatic hydroxyl groups is 1. The van der Waals surface area contributed by atoms with Crippen LogP contribution in [0.15, 0.2) is 12.1 Å². The van der Waals surface area contributed by atoms with Gasteiger partial charge in [-0.1, -0.05) is 11.6 Å². The third-order valence-corrected chi connectivity index (χ3v) is 3.77. The van der Waals surface area contributed by atoms with Crippen molar-refractivity contribution in [1.29, 1.82) is 5.26 Å². The zero-order valence-corrected chi connectivity index (χ0v) is 12.5. The molecule has 2 heterocycles. The highest BCUT2D eigenvalue weighted by Gasteiger charge is 2.25. The summed E-state index contributed by atoms with van der Waals surface area (Å²) in [5.74, 6) is 0.787. The predicted octanol–water partition coefficient (Wildman–Crippen LogP) is 1.50. The lowest BCUT2D eigenvalue weighted by Gasteiger charge is -2.41. The van der Waals surface area contributed by atoms with E-state index in [9.17, 15) is 5.11 Å². The quantitative estimate of drug-likeness (QED) is 0.915. The molecule has 6 heteroatoms. The van der Waals surface area contributed by atoms with Crippen LogP contribution in [0, 0.1) is 11.3 Å². The van der Waals surface area contributed by atoms with Crippen LogP contribution in [-0.2, 0) is 0 Å². The SMILES string of the molecule is CC(O)CN1CCN(c2ccc(Cl)c(C#N)n2)C(C)C1. The topological polar surface area (TPSA) is 63.4 Å². The van der Waals surface area contributed by atoms with Crippen molar-refractivity contribution in [3.05, 3.63) is 22.8 Å². The number of hydrogen-bond acceptors (Lipinski definition) is 5. The normalized spacial score (nSPS) is 21.6. The first-order valence-electron chi connectivity index (χ1n) is 6.75. The average Bonchev–Trinajstić information content (AvgIpc) is 2.39. The Bertz CT molecular complexity index is 514.